The zero-order valence-corrected chi connectivity index (χ0v) is 16.9. The molecule has 2 aliphatic rings. The van der Waals surface area contributed by atoms with Gasteiger partial charge in [-0.25, -0.2) is 9.78 Å². The summed E-state index contributed by atoms with van der Waals surface area (Å²) in [7, 11) is 0. The minimum Gasteiger partial charge on any atom is -0.455 e. The monoisotopic (exact) mass is 442 g/mol. The Bertz CT molecular complexity index is 812. The number of alkyl halides is 3. The van der Waals surface area contributed by atoms with Crippen LogP contribution < -0.4 is 15.5 Å². The Morgan fingerprint density at radius 3 is 2.61 bits per heavy atom. The average molecular weight is 442 g/mol. The van der Waals surface area contributed by atoms with Crippen molar-refractivity contribution in [2.45, 2.75) is 50.7 Å². The van der Waals surface area contributed by atoms with Gasteiger partial charge in [-0.3, -0.25) is 14.9 Å². The molecule has 0 aromatic carbocycles. The average Bonchev–Trinajstić information content (AvgIpc) is 3.24. The van der Waals surface area contributed by atoms with Gasteiger partial charge in [0.05, 0.1) is 11.5 Å². The molecule has 1 saturated carbocycles. The number of imide groups is 1. The summed E-state index contributed by atoms with van der Waals surface area (Å²) in [5, 5.41) is 4.80. The molecule has 31 heavy (non-hydrogen) atoms. The number of ether oxygens (including phenoxy) is 1. The van der Waals surface area contributed by atoms with Gasteiger partial charge in [0, 0.05) is 25.3 Å². The van der Waals surface area contributed by atoms with Crippen LogP contribution in [0.3, 0.4) is 0 Å². The van der Waals surface area contributed by atoms with Gasteiger partial charge in [0.25, 0.3) is 5.91 Å². The third kappa shape index (κ3) is 6.31. The van der Waals surface area contributed by atoms with Crippen molar-refractivity contribution in [2.75, 3.05) is 24.6 Å². The van der Waals surface area contributed by atoms with Crippen LogP contribution in [0, 0.1) is 5.92 Å². The van der Waals surface area contributed by atoms with E-state index in [-0.39, 0.29) is 18.4 Å². The van der Waals surface area contributed by atoms with Crippen molar-refractivity contribution in [3.05, 3.63) is 23.9 Å². The number of esters is 1. The van der Waals surface area contributed by atoms with E-state index >= 15 is 0 Å². The maximum absolute atomic E-state index is 13.3. The molecule has 1 unspecified atom stereocenters. The van der Waals surface area contributed by atoms with Crippen LogP contribution in [-0.4, -0.2) is 48.6 Å². The molecule has 3 rings (SSSR count). The molecule has 0 spiro atoms. The molecular formula is C20H25F3N4O4. The van der Waals surface area contributed by atoms with Crippen LogP contribution in [0.1, 0.15) is 44.1 Å². The van der Waals surface area contributed by atoms with Crippen LogP contribution in [0.4, 0.5) is 23.8 Å². The van der Waals surface area contributed by atoms with Crippen molar-refractivity contribution in [3.8, 4) is 0 Å². The van der Waals surface area contributed by atoms with Crippen molar-refractivity contribution in [2.24, 2.45) is 5.92 Å². The number of nitrogens with zero attached hydrogens (tertiary/aromatic N) is 2. The van der Waals surface area contributed by atoms with Gasteiger partial charge in [-0.15, -0.1) is 0 Å². The minimum atomic E-state index is -4.56. The summed E-state index contributed by atoms with van der Waals surface area (Å²) in [4.78, 5) is 41.3. The number of rotatable bonds is 5. The van der Waals surface area contributed by atoms with Crippen molar-refractivity contribution in [1.29, 1.82) is 0 Å². The van der Waals surface area contributed by atoms with Crippen LogP contribution in [0.15, 0.2) is 18.3 Å². The summed E-state index contributed by atoms with van der Waals surface area (Å²) in [6.45, 7) is -0.306. The number of carbonyl (C=O) groups is 3. The number of carbonyl (C=O) groups excluding carboxylic acids is 3. The first-order chi connectivity index (χ1) is 14.7. The predicted molar refractivity (Wildman–Crippen MR) is 104 cm³/mol. The molecule has 1 aliphatic heterocycles. The van der Waals surface area contributed by atoms with Crippen LogP contribution in [0.2, 0.25) is 0 Å². The Morgan fingerprint density at radius 1 is 1.16 bits per heavy atom. The number of nitrogens with one attached hydrogen (secondary N) is 2. The molecule has 0 bridgehead atoms. The highest BCUT2D eigenvalue weighted by atomic mass is 19.4. The van der Waals surface area contributed by atoms with Gasteiger partial charge in [0.2, 0.25) is 0 Å². The summed E-state index contributed by atoms with van der Waals surface area (Å²) < 4.78 is 44.8. The number of aromatic nitrogens is 1. The zero-order valence-electron chi connectivity index (χ0n) is 16.9. The number of hydrogen-bond acceptors (Lipinski definition) is 6. The molecule has 1 aromatic heterocycles. The molecule has 0 radical (unpaired) electrons. The lowest BCUT2D eigenvalue weighted by molar-refractivity contribution is -0.152. The highest BCUT2D eigenvalue weighted by Crippen LogP contribution is 2.36. The summed E-state index contributed by atoms with van der Waals surface area (Å²) in [5.41, 5.74) is -0.864. The summed E-state index contributed by atoms with van der Waals surface area (Å²) in [6, 6.07) is 1.57. The van der Waals surface area contributed by atoms with Crippen LogP contribution in [0.25, 0.3) is 0 Å². The van der Waals surface area contributed by atoms with E-state index in [0.717, 1.165) is 31.7 Å². The number of piperidine rings is 1. The number of halogens is 3. The molecule has 3 amide bonds. The Kier molecular flexibility index (Phi) is 7.34. The minimum absolute atomic E-state index is 0.00269. The second kappa shape index (κ2) is 9.97. The van der Waals surface area contributed by atoms with E-state index in [1.54, 1.807) is 0 Å². The molecular weight excluding hydrogens is 417 g/mol. The van der Waals surface area contributed by atoms with Gasteiger partial charge in [-0.2, -0.15) is 13.2 Å². The number of anilines is 1. The summed E-state index contributed by atoms with van der Waals surface area (Å²) in [6.07, 6.45) is 1.39. The molecule has 1 aromatic rings. The lowest BCUT2D eigenvalue weighted by Crippen LogP contribution is -2.45. The first kappa shape index (κ1) is 22.8. The summed E-state index contributed by atoms with van der Waals surface area (Å²) >= 11 is 0. The molecule has 8 nitrogen and oxygen atoms in total. The molecule has 1 aliphatic carbocycles. The standard InChI is InChI=1S/C20H25F3N4O4/c21-20(22,23)15-8-3-9-24-17(15)27-10-4-5-13(11-27)18(29)31-12-16(28)26-19(30)25-14-6-1-2-7-14/h3,8-9,13-14H,1-2,4-7,10-12H2,(H2,25,26,28,30). The molecule has 2 fully saturated rings. The SMILES string of the molecule is O=C(COC(=O)C1CCCN(c2ncccc2C(F)(F)F)C1)NC(=O)NC1CCCC1. The third-order valence-electron chi connectivity index (χ3n) is 5.44. The summed E-state index contributed by atoms with van der Waals surface area (Å²) in [5.74, 6) is -2.38. The Balaban J connectivity index is 1.50. The fourth-order valence-electron chi connectivity index (χ4n) is 3.94. The van der Waals surface area contributed by atoms with E-state index in [1.807, 2.05) is 0 Å². The van der Waals surface area contributed by atoms with E-state index in [9.17, 15) is 27.6 Å². The number of amides is 3. The number of hydrogen-bond donors (Lipinski definition) is 2. The Morgan fingerprint density at radius 2 is 1.90 bits per heavy atom. The maximum Gasteiger partial charge on any atom is 0.419 e. The van der Waals surface area contributed by atoms with Gasteiger partial charge >= 0.3 is 18.2 Å². The topological polar surface area (TPSA) is 101 Å². The fraction of sp³-hybridized carbons (Fsp3) is 0.600. The normalized spacial score (nSPS) is 19.7. The first-order valence-corrected chi connectivity index (χ1v) is 10.3. The van der Waals surface area contributed by atoms with Gasteiger partial charge < -0.3 is 15.0 Å². The van der Waals surface area contributed by atoms with Crippen LogP contribution >= 0.6 is 0 Å². The van der Waals surface area contributed by atoms with E-state index in [2.05, 4.69) is 15.6 Å². The third-order valence-corrected chi connectivity index (χ3v) is 5.44. The van der Waals surface area contributed by atoms with Gasteiger partial charge in [0.15, 0.2) is 6.61 Å². The highest BCUT2D eigenvalue weighted by molar-refractivity contribution is 5.95. The largest absolute Gasteiger partial charge is 0.455 e. The maximum atomic E-state index is 13.3. The Hall–Kier alpha value is -2.85. The quantitative estimate of drug-likeness (QED) is 0.680. The lowest BCUT2D eigenvalue weighted by atomic mass is 9.98. The second-order valence-corrected chi connectivity index (χ2v) is 7.77. The van der Waals surface area contributed by atoms with Crippen molar-refractivity contribution in [1.82, 2.24) is 15.6 Å². The van der Waals surface area contributed by atoms with E-state index in [1.165, 1.54) is 17.2 Å². The molecule has 1 saturated heterocycles. The lowest BCUT2D eigenvalue weighted by Gasteiger charge is -2.33. The van der Waals surface area contributed by atoms with Gasteiger partial charge in [0.1, 0.15) is 5.82 Å². The van der Waals surface area contributed by atoms with Crippen molar-refractivity contribution >= 4 is 23.7 Å². The highest BCUT2D eigenvalue weighted by Gasteiger charge is 2.37. The van der Waals surface area contributed by atoms with Crippen molar-refractivity contribution < 1.29 is 32.3 Å². The molecule has 2 heterocycles. The van der Waals surface area contributed by atoms with E-state index in [0.29, 0.717) is 19.4 Å². The van der Waals surface area contributed by atoms with Gasteiger partial charge in [-0.1, -0.05) is 12.8 Å². The number of urea groups is 1. The van der Waals surface area contributed by atoms with E-state index in [4.69, 9.17) is 4.74 Å². The van der Waals surface area contributed by atoms with Gasteiger partial charge in [-0.05, 0) is 37.8 Å². The van der Waals surface area contributed by atoms with E-state index < -0.39 is 42.2 Å². The molecule has 1 atom stereocenters. The van der Waals surface area contributed by atoms with Crippen molar-refractivity contribution in [3.63, 3.8) is 0 Å². The van der Waals surface area contributed by atoms with Crippen LogP contribution in [0.5, 0.6) is 0 Å². The predicted octanol–water partition coefficient (Wildman–Crippen LogP) is 2.63. The Labute approximate surface area is 177 Å². The first-order valence-electron chi connectivity index (χ1n) is 10.3. The second-order valence-electron chi connectivity index (χ2n) is 7.77. The molecule has 2 N–H and O–H groups in total. The fourth-order valence-corrected chi connectivity index (χ4v) is 3.94. The number of pyridine rings is 1. The van der Waals surface area contributed by atoms with Crippen LogP contribution in [-0.2, 0) is 20.5 Å². The molecule has 170 valence electrons. The molecule has 11 heteroatoms. The smallest absolute Gasteiger partial charge is 0.419 e. The zero-order chi connectivity index (χ0) is 22.4.